The first kappa shape index (κ1) is 16.3. The van der Waals surface area contributed by atoms with E-state index in [0.29, 0.717) is 6.42 Å². The van der Waals surface area contributed by atoms with Gasteiger partial charge in [0, 0.05) is 11.2 Å². The standard InChI is InChI=1S/C15H20BrClO3/c1-3-5-6-10(17)15(18)14-8-13-12(20-13)7-9(16)11(4-2)19-14/h1,5-6,9-15,18H,4,7-8H2,2H3/b6-5-/t9-,10-,11+,12-,13+,14+,15+/m0/s1. The largest absolute Gasteiger partial charge is 0.389 e. The molecule has 2 saturated heterocycles. The monoisotopic (exact) mass is 362 g/mol. The van der Waals surface area contributed by atoms with E-state index in [1.807, 2.05) is 0 Å². The highest BCUT2D eigenvalue weighted by Crippen LogP contribution is 2.38. The molecule has 0 saturated carbocycles. The lowest BCUT2D eigenvalue weighted by Crippen LogP contribution is -2.42. The Morgan fingerprint density at radius 3 is 2.80 bits per heavy atom. The van der Waals surface area contributed by atoms with Crippen molar-refractivity contribution in [3.63, 3.8) is 0 Å². The second-order valence-electron chi connectivity index (χ2n) is 5.28. The molecule has 112 valence electrons. The van der Waals surface area contributed by atoms with E-state index in [-0.39, 0.29) is 29.2 Å². The van der Waals surface area contributed by atoms with Crippen LogP contribution in [0.25, 0.3) is 0 Å². The van der Waals surface area contributed by atoms with Crippen LogP contribution in [0.5, 0.6) is 0 Å². The maximum absolute atomic E-state index is 10.4. The van der Waals surface area contributed by atoms with Crippen molar-refractivity contribution in [2.45, 2.75) is 66.9 Å². The number of rotatable bonds is 4. The Balaban J connectivity index is 2.04. The van der Waals surface area contributed by atoms with Crippen molar-refractivity contribution in [1.82, 2.24) is 0 Å². The Labute approximate surface area is 133 Å². The molecule has 0 aromatic rings. The number of epoxide rings is 1. The van der Waals surface area contributed by atoms with E-state index in [1.165, 1.54) is 6.08 Å². The van der Waals surface area contributed by atoms with Crippen LogP contribution in [0.1, 0.15) is 26.2 Å². The van der Waals surface area contributed by atoms with Gasteiger partial charge in [0.2, 0.25) is 0 Å². The number of aliphatic hydroxyl groups is 1. The summed E-state index contributed by atoms with van der Waals surface area (Å²) in [6.45, 7) is 2.08. The van der Waals surface area contributed by atoms with Gasteiger partial charge in [0.15, 0.2) is 0 Å². The lowest BCUT2D eigenvalue weighted by Gasteiger charge is -2.32. The van der Waals surface area contributed by atoms with E-state index >= 15 is 0 Å². The average Bonchev–Trinajstić information content (AvgIpc) is 3.14. The molecule has 0 spiro atoms. The van der Waals surface area contributed by atoms with Gasteiger partial charge >= 0.3 is 0 Å². The molecule has 2 rings (SSSR count). The summed E-state index contributed by atoms with van der Waals surface area (Å²) in [6.07, 6.45) is 10.2. The van der Waals surface area contributed by atoms with Crippen LogP contribution in [0.3, 0.4) is 0 Å². The number of terminal acetylenes is 1. The number of allylic oxidation sites excluding steroid dienone is 1. The fourth-order valence-electron chi connectivity index (χ4n) is 2.60. The van der Waals surface area contributed by atoms with E-state index in [2.05, 4.69) is 28.8 Å². The zero-order valence-electron chi connectivity index (χ0n) is 11.4. The van der Waals surface area contributed by atoms with Crippen LogP contribution in [-0.2, 0) is 9.47 Å². The molecule has 2 fully saturated rings. The predicted molar refractivity (Wildman–Crippen MR) is 83.2 cm³/mol. The lowest BCUT2D eigenvalue weighted by molar-refractivity contribution is -0.0828. The molecule has 20 heavy (non-hydrogen) atoms. The first-order valence-corrected chi connectivity index (χ1v) is 8.32. The number of alkyl halides is 2. The molecule has 0 unspecified atom stereocenters. The summed E-state index contributed by atoms with van der Waals surface area (Å²) in [4.78, 5) is 0.243. The van der Waals surface area contributed by atoms with Crippen molar-refractivity contribution >= 4 is 27.5 Å². The molecule has 0 bridgehead atoms. The van der Waals surface area contributed by atoms with Gasteiger partial charge in [-0.15, -0.1) is 18.0 Å². The second kappa shape index (κ2) is 7.29. The Morgan fingerprint density at radius 2 is 2.15 bits per heavy atom. The third kappa shape index (κ3) is 3.99. The van der Waals surface area contributed by atoms with Gasteiger partial charge in [-0.3, -0.25) is 0 Å². The fraction of sp³-hybridized carbons (Fsp3) is 0.733. The molecule has 0 aromatic carbocycles. The maximum atomic E-state index is 10.4. The van der Waals surface area contributed by atoms with Crippen molar-refractivity contribution in [3.05, 3.63) is 12.2 Å². The van der Waals surface area contributed by atoms with Crippen LogP contribution in [0.2, 0.25) is 0 Å². The fourth-order valence-corrected chi connectivity index (χ4v) is 3.70. The molecule has 2 aliphatic heterocycles. The van der Waals surface area contributed by atoms with Gasteiger partial charge in [-0.05, 0) is 18.9 Å². The topological polar surface area (TPSA) is 42.0 Å². The average molecular weight is 364 g/mol. The molecule has 3 nitrogen and oxygen atoms in total. The highest BCUT2D eigenvalue weighted by Gasteiger charge is 2.47. The van der Waals surface area contributed by atoms with Crippen molar-refractivity contribution in [1.29, 1.82) is 0 Å². The SMILES string of the molecule is C#C/C=C\[C@H](Cl)[C@@H](O)[C@H]1C[C@H]2O[C@H]2C[C@H](Br)[C@@H](CC)O1. The number of ether oxygens (including phenoxy) is 2. The summed E-state index contributed by atoms with van der Waals surface area (Å²) in [5.41, 5.74) is 0. The molecule has 1 N–H and O–H groups in total. The normalized spacial score (nSPS) is 40.2. The summed E-state index contributed by atoms with van der Waals surface area (Å²) < 4.78 is 11.7. The van der Waals surface area contributed by atoms with Gasteiger partial charge in [-0.25, -0.2) is 0 Å². The Kier molecular flexibility index (Phi) is 5.95. The van der Waals surface area contributed by atoms with E-state index in [9.17, 15) is 5.11 Å². The molecule has 5 heteroatoms. The van der Waals surface area contributed by atoms with Crippen LogP contribution < -0.4 is 0 Å². The van der Waals surface area contributed by atoms with Gasteiger partial charge in [0.05, 0.1) is 29.8 Å². The number of aliphatic hydroxyl groups excluding tert-OH is 1. The molecular weight excluding hydrogens is 344 g/mol. The van der Waals surface area contributed by atoms with E-state index < -0.39 is 11.5 Å². The molecule has 2 heterocycles. The summed E-state index contributed by atoms with van der Waals surface area (Å²) in [5, 5.41) is 9.82. The van der Waals surface area contributed by atoms with Crippen LogP contribution in [0.15, 0.2) is 12.2 Å². The molecule has 7 atom stereocenters. The minimum Gasteiger partial charge on any atom is -0.389 e. The maximum Gasteiger partial charge on any atom is 0.100 e. The molecule has 0 aromatic heterocycles. The van der Waals surface area contributed by atoms with Gasteiger partial charge in [0.1, 0.15) is 6.10 Å². The van der Waals surface area contributed by atoms with Gasteiger partial charge in [0.25, 0.3) is 0 Å². The molecule has 0 amide bonds. The van der Waals surface area contributed by atoms with E-state index in [0.717, 1.165) is 12.8 Å². The van der Waals surface area contributed by atoms with Crippen LogP contribution >= 0.6 is 27.5 Å². The smallest absolute Gasteiger partial charge is 0.100 e. The quantitative estimate of drug-likeness (QED) is 0.474. The number of fused-ring (bicyclic) bond motifs is 1. The summed E-state index contributed by atoms with van der Waals surface area (Å²) in [6, 6.07) is 0. The highest BCUT2D eigenvalue weighted by molar-refractivity contribution is 9.09. The minimum absolute atomic E-state index is 0.0558. The summed E-state index contributed by atoms with van der Waals surface area (Å²) in [5.74, 6) is 2.37. The second-order valence-corrected chi connectivity index (χ2v) is 6.96. The Hall–Kier alpha value is -0.0500. The third-order valence-corrected chi connectivity index (χ3v) is 5.22. The molecule has 2 aliphatic rings. The molecule has 0 radical (unpaired) electrons. The zero-order chi connectivity index (χ0) is 14.7. The number of halogens is 2. The highest BCUT2D eigenvalue weighted by atomic mass is 79.9. The molecular formula is C15H20BrClO3. The Bertz CT molecular complexity index is 395. The first-order valence-electron chi connectivity index (χ1n) is 6.96. The Morgan fingerprint density at radius 1 is 1.45 bits per heavy atom. The zero-order valence-corrected chi connectivity index (χ0v) is 13.8. The lowest BCUT2D eigenvalue weighted by atomic mass is 9.98. The molecule has 0 aliphatic carbocycles. The van der Waals surface area contributed by atoms with Crippen molar-refractivity contribution in [3.8, 4) is 12.3 Å². The van der Waals surface area contributed by atoms with Gasteiger partial charge in [-0.1, -0.05) is 34.9 Å². The summed E-state index contributed by atoms with van der Waals surface area (Å²) >= 11 is 9.82. The number of hydrogen-bond acceptors (Lipinski definition) is 3. The van der Waals surface area contributed by atoms with E-state index in [4.69, 9.17) is 27.5 Å². The minimum atomic E-state index is -0.794. The van der Waals surface area contributed by atoms with Gasteiger partial charge < -0.3 is 14.6 Å². The number of hydrogen-bond donors (Lipinski definition) is 1. The predicted octanol–water partition coefficient (Wildman–Crippen LogP) is 2.63. The van der Waals surface area contributed by atoms with Crippen LogP contribution in [0, 0.1) is 12.3 Å². The summed E-state index contributed by atoms with van der Waals surface area (Å²) in [7, 11) is 0. The third-order valence-electron chi connectivity index (χ3n) is 3.85. The van der Waals surface area contributed by atoms with Crippen molar-refractivity contribution in [2.75, 3.05) is 0 Å². The first-order chi connectivity index (χ1) is 9.56. The van der Waals surface area contributed by atoms with Gasteiger partial charge in [-0.2, -0.15) is 0 Å². The van der Waals surface area contributed by atoms with Crippen molar-refractivity contribution < 1.29 is 14.6 Å². The van der Waals surface area contributed by atoms with Crippen LogP contribution in [0.4, 0.5) is 0 Å². The van der Waals surface area contributed by atoms with E-state index in [1.54, 1.807) is 6.08 Å². The van der Waals surface area contributed by atoms with Crippen molar-refractivity contribution in [2.24, 2.45) is 0 Å². The van der Waals surface area contributed by atoms with Crippen LogP contribution in [-0.4, -0.2) is 45.8 Å².